The smallest absolute Gasteiger partial charge is 0.499 e. The molecule has 1 fully saturated rings. The van der Waals surface area contributed by atoms with Gasteiger partial charge >= 0.3 is 58.2 Å². The van der Waals surface area contributed by atoms with E-state index in [1.54, 1.807) is 0 Å². The van der Waals surface area contributed by atoms with Gasteiger partial charge in [-0.25, -0.2) is 0 Å². The molecule has 0 bridgehead atoms. The van der Waals surface area contributed by atoms with E-state index in [1.165, 1.54) is 0 Å². The predicted molar refractivity (Wildman–Crippen MR) is 24.1 cm³/mol. The molecule has 0 radical (unpaired) electrons. The van der Waals surface area contributed by atoms with Crippen LogP contribution in [0, 0.1) is 6.08 Å². The van der Waals surface area contributed by atoms with Crippen molar-refractivity contribution in [2.75, 3.05) is 0 Å². The van der Waals surface area contributed by atoms with Crippen molar-refractivity contribution >= 4 is 0 Å². The first-order valence-corrected chi connectivity index (χ1v) is 2.14. The van der Waals surface area contributed by atoms with Crippen LogP contribution >= 0.6 is 0 Å². The molecule has 1 aliphatic rings. The third-order valence-corrected chi connectivity index (χ3v) is 0.814. The Morgan fingerprint density at radius 2 is 2.12 bits per heavy atom. The van der Waals surface area contributed by atoms with E-state index < -0.39 is 0 Å². The van der Waals surface area contributed by atoms with Gasteiger partial charge in [0, 0.05) is 0 Å². The minimum absolute atomic E-state index is 0. The molecule has 1 heterocycles. The molecule has 0 aromatic carbocycles. The fourth-order valence-corrected chi connectivity index (χ4v) is 0.357. The van der Waals surface area contributed by atoms with E-state index in [2.05, 4.69) is 22.4 Å². The second-order valence-electron chi connectivity index (χ2n) is 1.73. The summed E-state index contributed by atoms with van der Waals surface area (Å²) in [6.45, 7) is 5.24. The molecule has 8 heavy (non-hydrogen) atoms. The van der Waals surface area contributed by atoms with E-state index in [0.29, 0.717) is 6.42 Å². The molecule has 1 rings (SSSR count). The van der Waals surface area contributed by atoms with E-state index in [-0.39, 0.29) is 64.0 Å². The van der Waals surface area contributed by atoms with Gasteiger partial charge in [0.05, 0.1) is 0 Å². The van der Waals surface area contributed by atoms with E-state index in [0.717, 1.165) is 0 Å². The molecule has 1 aliphatic heterocycles. The Balaban J connectivity index is 0.000000490. The van der Waals surface area contributed by atoms with E-state index in [4.69, 9.17) is 0 Å². The van der Waals surface area contributed by atoms with Crippen molar-refractivity contribution < 1.29 is 68.0 Å². The summed E-state index contributed by atoms with van der Waals surface area (Å²) in [5.41, 5.74) is 0. The summed E-state index contributed by atoms with van der Waals surface area (Å²) in [4.78, 5) is 9.07. The Bertz CT molecular complexity index is 88.4. The monoisotopic (exact) mass is 184 g/mol. The van der Waals surface area contributed by atoms with Crippen molar-refractivity contribution in [2.45, 2.75) is 19.1 Å². The molecule has 1 saturated heterocycles. The van der Waals surface area contributed by atoms with E-state index in [1.807, 2.05) is 6.92 Å². The van der Waals surface area contributed by atoms with Crippen LogP contribution in [0.3, 0.4) is 0 Å². The zero-order chi connectivity index (χ0) is 5.33. The van der Waals surface area contributed by atoms with Crippen molar-refractivity contribution in [2.24, 2.45) is 0 Å². The molecule has 0 aliphatic carbocycles. The molecular formula is C5H7O2Rb. The van der Waals surface area contributed by atoms with Crippen molar-refractivity contribution in [3.63, 3.8) is 0 Å². The van der Waals surface area contributed by atoms with Crippen LogP contribution in [0.4, 0.5) is 0 Å². The molecule has 0 saturated carbocycles. The van der Waals surface area contributed by atoms with Gasteiger partial charge in [-0.05, 0) is 6.92 Å². The van der Waals surface area contributed by atoms with Crippen LogP contribution in [0.1, 0.15) is 13.3 Å². The van der Waals surface area contributed by atoms with E-state index in [9.17, 15) is 0 Å². The first-order chi connectivity index (χ1) is 3.27. The van der Waals surface area contributed by atoms with Gasteiger partial charge in [0.1, 0.15) is 0 Å². The van der Waals surface area contributed by atoms with Gasteiger partial charge in [0.25, 0.3) is 0 Å². The first-order valence-electron chi connectivity index (χ1n) is 2.14. The Morgan fingerprint density at radius 3 is 2.25 bits per heavy atom. The summed E-state index contributed by atoms with van der Waals surface area (Å²) in [5.74, 6) is -0.373. The third-order valence-electron chi connectivity index (χ3n) is 0.814. The van der Waals surface area contributed by atoms with Gasteiger partial charge in [-0.15, -0.1) is 6.42 Å². The molecule has 0 atom stereocenters. The van der Waals surface area contributed by atoms with Crippen molar-refractivity contribution in [3.8, 4) is 0 Å². The minimum atomic E-state index is -0.373. The molecule has 0 spiro atoms. The van der Waals surface area contributed by atoms with Crippen LogP contribution in [0.15, 0.2) is 6.58 Å². The molecule has 40 valence electrons. The normalized spacial score (nSPS) is 21.1. The van der Waals surface area contributed by atoms with Gasteiger partial charge in [0.15, 0.2) is 0 Å². The van der Waals surface area contributed by atoms with Gasteiger partial charge in [-0.3, -0.25) is 6.58 Å². The molecular weight excluding hydrogens is 178 g/mol. The van der Waals surface area contributed by atoms with Crippen LogP contribution in [-0.4, -0.2) is 5.79 Å². The molecule has 0 aromatic heterocycles. The van der Waals surface area contributed by atoms with Crippen LogP contribution in [-0.2, 0) is 9.78 Å². The number of hydrogen-bond donors (Lipinski definition) is 0. The zero-order valence-electron chi connectivity index (χ0n) is 5.23. The topological polar surface area (TPSA) is 25.1 Å². The average Bonchev–Trinajstić information content (AvgIpc) is 2.22. The second-order valence-corrected chi connectivity index (χ2v) is 1.73. The molecule has 2 nitrogen and oxygen atoms in total. The quantitative estimate of drug-likeness (QED) is 0.283. The Hall–Kier alpha value is 1.47. The molecule has 0 unspecified atom stereocenters. The first kappa shape index (κ1) is 9.47. The summed E-state index contributed by atoms with van der Waals surface area (Å²) < 4.78 is 0. The predicted octanol–water partition coefficient (Wildman–Crippen LogP) is -1.95. The Kier molecular flexibility index (Phi) is 4.25. The zero-order valence-corrected chi connectivity index (χ0v) is 10.1. The van der Waals surface area contributed by atoms with Crippen LogP contribution in [0.25, 0.3) is 0 Å². The van der Waals surface area contributed by atoms with Gasteiger partial charge in [-0.1, -0.05) is 0 Å². The maximum Gasteiger partial charge on any atom is 1.00 e. The minimum Gasteiger partial charge on any atom is -0.499 e. The average molecular weight is 185 g/mol. The number of rotatable bonds is 2. The standard InChI is InChI=1S/C5H7O2.Rb/c1-3-4-5(2)6-7-5;/h1,4H2,2H3;/q-1;+1. The SMILES string of the molecule is C=[C-]CC1(C)OO1.[Rb+]. The summed E-state index contributed by atoms with van der Waals surface area (Å²) in [6, 6.07) is 0. The third kappa shape index (κ3) is 2.85. The van der Waals surface area contributed by atoms with Crippen LogP contribution in [0.2, 0.25) is 0 Å². The maximum absolute atomic E-state index is 4.53. The van der Waals surface area contributed by atoms with Gasteiger partial charge in [-0.2, -0.15) is 9.78 Å². The van der Waals surface area contributed by atoms with Crippen molar-refractivity contribution in [1.82, 2.24) is 0 Å². The van der Waals surface area contributed by atoms with Gasteiger partial charge in [0.2, 0.25) is 5.79 Å². The van der Waals surface area contributed by atoms with Crippen LogP contribution < -0.4 is 58.2 Å². The molecule has 0 aromatic rings. The van der Waals surface area contributed by atoms with Gasteiger partial charge < -0.3 is 6.08 Å². The summed E-state index contributed by atoms with van der Waals surface area (Å²) in [6.07, 6.45) is 3.32. The van der Waals surface area contributed by atoms with Crippen molar-refractivity contribution in [3.05, 3.63) is 12.7 Å². The fourth-order valence-electron chi connectivity index (χ4n) is 0.357. The summed E-state index contributed by atoms with van der Waals surface area (Å²) >= 11 is 0. The molecule has 3 heteroatoms. The Morgan fingerprint density at radius 1 is 1.62 bits per heavy atom. The van der Waals surface area contributed by atoms with Crippen LogP contribution in [0.5, 0.6) is 0 Å². The summed E-state index contributed by atoms with van der Waals surface area (Å²) in [5, 5.41) is 0. The fraction of sp³-hybridized carbons (Fsp3) is 0.600. The largest absolute Gasteiger partial charge is 1.00 e. The second kappa shape index (κ2) is 3.59. The molecule has 0 amide bonds. The van der Waals surface area contributed by atoms with Crippen molar-refractivity contribution in [1.29, 1.82) is 0 Å². The Labute approximate surface area is 98.0 Å². The molecule has 0 N–H and O–H groups in total. The number of hydrogen-bond acceptors (Lipinski definition) is 2. The maximum atomic E-state index is 4.53. The summed E-state index contributed by atoms with van der Waals surface area (Å²) in [7, 11) is 0. The van der Waals surface area contributed by atoms with E-state index >= 15 is 0 Å².